The lowest BCUT2D eigenvalue weighted by molar-refractivity contribution is 0.384. The summed E-state index contributed by atoms with van der Waals surface area (Å²) in [5.74, 6) is 0. The van der Waals surface area contributed by atoms with Crippen LogP contribution in [0.4, 0.5) is 0 Å². The van der Waals surface area contributed by atoms with Gasteiger partial charge in [-0.25, -0.2) is 0 Å². The smallest absolute Gasteiger partial charge is 0.176 e. The van der Waals surface area contributed by atoms with Gasteiger partial charge in [0.1, 0.15) is 0 Å². The van der Waals surface area contributed by atoms with Gasteiger partial charge in [-0.05, 0) is 12.1 Å². The molecule has 1 aliphatic rings. The minimum Gasteiger partial charge on any atom is -0.423 e. The Bertz CT molecular complexity index is 89.3. The van der Waals surface area contributed by atoms with Gasteiger partial charge in [-0.1, -0.05) is 32.1 Å². The molecule has 0 aromatic carbocycles. The molecule has 0 aliphatic heterocycles. The average molecular weight is 158 g/mol. The van der Waals surface area contributed by atoms with Crippen molar-refractivity contribution in [3.05, 3.63) is 0 Å². The van der Waals surface area contributed by atoms with Crippen LogP contribution in [0.5, 0.6) is 0 Å². The summed E-state index contributed by atoms with van der Waals surface area (Å²) >= 11 is 0. The summed E-state index contributed by atoms with van der Waals surface area (Å²) in [6.07, 6.45) is 7.25. The van der Waals surface area contributed by atoms with Gasteiger partial charge in [0.2, 0.25) is 0 Å². The van der Waals surface area contributed by atoms with Crippen LogP contribution in [0, 0.1) is 0 Å². The normalized spacial score (nSPS) is 24.6. The van der Waals surface area contributed by atoms with Crippen molar-refractivity contribution in [3.63, 3.8) is 0 Å². The van der Waals surface area contributed by atoms with Crippen molar-refractivity contribution in [2.75, 3.05) is 7.11 Å². The summed E-state index contributed by atoms with van der Waals surface area (Å²) in [5.41, 5.74) is 0.985. The van der Waals surface area contributed by atoms with Crippen molar-refractivity contribution >= 4 is 9.04 Å². The van der Waals surface area contributed by atoms with Crippen LogP contribution in [0.1, 0.15) is 32.1 Å². The van der Waals surface area contributed by atoms with E-state index < -0.39 is 9.04 Å². The van der Waals surface area contributed by atoms with E-state index in [1.54, 1.807) is 0 Å². The molecule has 1 atom stereocenters. The Morgan fingerprint density at radius 1 is 1.20 bits per heavy atom. The molecule has 2 heteroatoms. The zero-order chi connectivity index (χ0) is 7.40. The Hall–Kier alpha value is 0.177. The molecule has 1 nitrogen and oxygen atoms in total. The molecule has 0 heterocycles. The largest absolute Gasteiger partial charge is 0.423 e. The number of hydrogen-bond acceptors (Lipinski definition) is 1. The predicted molar refractivity (Wildman–Crippen MR) is 46.9 cm³/mol. The third-order valence-electron chi connectivity index (χ3n) is 2.69. The molecule has 10 heavy (non-hydrogen) atoms. The molecule has 0 bridgehead atoms. The van der Waals surface area contributed by atoms with Gasteiger partial charge in [-0.2, -0.15) is 0 Å². The molecule has 0 spiro atoms. The molecular weight excluding hydrogens is 140 g/mol. The van der Waals surface area contributed by atoms with E-state index in [9.17, 15) is 0 Å². The van der Waals surface area contributed by atoms with E-state index >= 15 is 0 Å². The molecule has 0 aromatic heterocycles. The quantitative estimate of drug-likeness (QED) is 0.560. The van der Waals surface area contributed by atoms with E-state index in [0.717, 1.165) is 5.54 Å². The highest BCUT2D eigenvalue weighted by atomic mass is 28.3. The van der Waals surface area contributed by atoms with Crippen molar-refractivity contribution in [1.29, 1.82) is 0 Å². The molecule has 0 radical (unpaired) electrons. The molecule has 0 saturated heterocycles. The minimum absolute atomic E-state index is 0.763. The highest BCUT2D eigenvalue weighted by Crippen LogP contribution is 2.30. The highest BCUT2D eigenvalue weighted by molar-refractivity contribution is 6.51. The molecule has 60 valence electrons. The SMILES string of the molecule is CO[SiH](C)C1CCCCC1. The van der Waals surface area contributed by atoms with Gasteiger partial charge in [0.15, 0.2) is 9.04 Å². The van der Waals surface area contributed by atoms with Crippen LogP contribution in [0.3, 0.4) is 0 Å². The lowest BCUT2D eigenvalue weighted by Crippen LogP contribution is -2.21. The maximum Gasteiger partial charge on any atom is 0.176 e. The van der Waals surface area contributed by atoms with Crippen LogP contribution in [-0.4, -0.2) is 16.2 Å². The lowest BCUT2D eigenvalue weighted by atomic mass is 10.0. The molecule has 0 N–H and O–H groups in total. The zero-order valence-electron chi connectivity index (χ0n) is 7.10. The van der Waals surface area contributed by atoms with Gasteiger partial charge in [0.05, 0.1) is 0 Å². The van der Waals surface area contributed by atoms with E-state index in [4.69, 9.17) is 4.43 Å². The standard InChI is InChI=1S/C8H18OSi/c1-9-10(2)8-6-4-3-5-7-8/h8,10H,3-7H2,1-2H3. The molecule has 1 rings (SSSR count). The maximum absolute atomic E-state index is 5.43. The second kappa shape index (κ2) is 4.14. The predicted octanol–water partition coefficient (Wildman–Crippen LogP) is 2.32. The number of hydrogen-bond donors (Lipinski definition) is 0. The first-order chi connectivity index (χ1) is 4.84. The van der Waals surface area contributed by atoms with Crippen LogP contribution in [0.25, 0.3) is 0 Å². The van der Waals surface area contributed by atoms with E-state index in [-0.39, 0.29) is 0 Å². The summed E-state index contributed by atoms with van der Waals surface area (Å²) in [5, 5.41) is 0. The highest BCUT2D eigenvalue weighted by Gasteiger charge is 2.20. The van der Waals surface area contributed by atoms with Crippen molar-refractivity contribution in [3.8, 4) is 0 Å². The molecule has 0 amide bonds. The first-order valence-electron chi connectivity index (χ1n) is 4.37. The van der Waals surface area contributed by atoms with Gasteiger partial charge >= 0.3 is 0 Å². The molecule has 0 aromatic rings. The van der Waals surface area contributed by atoms with Crippen LogP contribution >= 0.6 is 0 Å². The Kier molecular flexibility index (Phi) is 3.42. The van der Waals surface area contributed by atoms with Gasteiger partial charge in [0.25, 0.3) is 0 Å². The Morgan fingerprint density at radius 2 is 1.80 bits per heavy atom. The fourth-order valence-corrected chi connectivity index (χ4v) is 3.59. The first-order valence-corrected chi connectivity index (χ1v) is 6.66. The minimum atomic E-state index is -0.763. The van der Waals surface area contributed by atoms with Crippen LogP contribution < -0.4 is 0 Å². The fourth-order valence-electron chi connectivity index (χ4n) is 1.80. The monoisotopic (exact) mass is 158 g/mol. The topological polar surface area (TPSA) is 9.23 Å². The second-order valence-electron chi connectivity index (χ2n) is 3.34. The molecule has 1 unspecified atom stereocenters. The summed E-state index contributed by atoms with van der Waals surface area (Å²) in [6.45, 7) is 2.33. The van der Waals surface area contributed by atoms with Crippen LogP contribution in [0.15, 0.2) is 0 Å². The van der Waals surface area contributed by atoms with E-state index in [0.29, 0.717) is 0 Å². The maximum atomic E-state index is 5.43. The molecular formula is C8H18OSi. The Morgan fingerprint density at radius 3 is 2.30 bits per heavy atom. The summed E-state index contributed by atoms with van der Waals surface area (Å²) in [7, 11) is 1.12. The van der Waals surface area contributed by atoms with E-state index in [1.807, 2.05) is 7.11 Å². The summed E-state index contributed by atoms with van der Waals surface area (Å²) in [4.78, 5) is 0. The Balaban J connectivity index is 2.24. The second-order valence-corrected chi connectivity index (χ2v) is 6.16. The van der Waals surface area contributed by atoms with E-state index in [1.165, 1.54) is 32.1 Å². The van der Waals surface area contributed by atoms with Crippen molar-refractivity contribution < 1.29 is 4.43 Å². The van der Waals surface area contributed by atoms with Crippen molar-refractivity contribution in [2.45, 2.75) is 44.2 Å². The Labute approximate surface area is 65.5 Å². The van der Waals surface area contributed by atoms with Crippen LogP contribution in [0.2, 0.25) is 12.1 Å². The molecule has 1 saturated carbocycles. The zero-order valence-corrected chi connectivity index (χ0v) is 8.25. The van der Waals surface area contributed by atoms with Gasteiger partial charge < -0.3 is 4.43 Å². The van der Waals surface area contributed by atoms with Gasteiger partial charge in [0, 0.05) is 7.11 Å². The third kappa shape index (κ3) is 2.10. The molecule has 1 fully saturated rings. The van der Waals surface area contributed by atoms with Crippen LogP contribution in [-0.2, 0) is 4.43 Å². The summed E-state index contributed by atoms with van der Waals surface area (Å²) < 4.78 is 5.43. The van der Waals surface area contributed by atoms with Crippen molar-refractivity contribution in [2.24, 2.45) is 0 Å². The van der Waals surface area contributed by atoms with Gasteiger partial charge in [-0.3, -0.25) is 0 Å². The fraction of sp³-hybridized carbons (Fsp3) is 1.00. The first kappa shape index (κ1) is 8.28. The third-order valence-corrected chi connectivity index (χ3v) is 5.42. The van der Waals surface area contributed by atoms with Crippen molar-refractivity contribution in [1.82, 2.24) is 0 Å². The average Bonchev–Trinajstić information content (AvgIpc) is 2.05. The summed E-state index contributed by atoms with van der Waals surface area (Å²) in [6, 6.07) is 0. The van der Waals surface area contributed by atoms with E-state index in [2.05, 4.69) is 6.55 Å². The van der Waals surface area contributed by atoms with Gasteiger partial charge in [-0.15, -0.1) is 0 Å². The number of rotatable bonds is 2. The molecule has 1 aliphatic carbocycles. The lowest BCUT2D eigenvalue weighted by Gasteiger charge is -2.24.